The summed E-state index contributed by atoms with van der Waals surface area (Å²) in [6.45, 7) is 4.09. The van der Waals surface area contributed by atoms with Gasteiger partial charge in [-0.25, -0.2) is 8.42 Å². The zero-order valence-corrected chi connectivity index (χ0v) is 24.0. The second kappa shape index (κ2) is 10.2. The third-order valence-corrected chi connectivity index (χ3v) is 7.95. The summed E-state index contributed by atoms with van der Waals surface area (Å²) in [5, 5.41) is 5.14. The molecule has 3 heterocycles. The third-order valence-electron chi connectivity index (χ3n) is 6.49. The van der Waals surface area contributed by atoms with Crippen molar-refractivity contribution >= 4 is 61.9 Å². The monoisotopic (exact) mass is 585 g/mol. The maximum atomic E-state index is 11.7. The van der Waals surface area contributed by atoms with Crippen LogP contribution in [0.2, 0.25) is 10.0 Å². The molecule has 38 heavy (non-hydrogen) atoms. The Morgan fingerprint density at radius 1 is 1.03 bits per heavy atom. The van der Waals surface area contributed by atoms with Gasteiger partial charge in [0.05, 0.1) is 34.7 Å². The summed E-state index contributed by atoms with van der Waals surface area (Å²) in [4.78, 5) is 6.68. The van der Waals surface area contributed by atoms with Crippen LogP contribution in [-0.4, -0.2) is 29.3 Å². The molecule has 7 nitrogen and oxygen atoms in total. The molecule has 0 amide bonds. The smallest absolute Gasteiger partial charge is 0.229 e. The van der Waals surface area contributed by atoms with Crippen LogP contribution in [0.25, 0.3) is 5.69 Å². The van der Waals surface area contributed by atoms with Crippen molar-refractivity contribution in [2.75, 3.05) is 15.9 Å². The van der Waals surface area contributed by atoms with E-state index in [0.717, 1.165) is 40.3 Å². The molecule has 5 rings (SSSR count). The topological polar surface area (TPSA) is 79.3 Å². The van der Waals surface area contributed by atoms with E-state index in [1.807, 2.05) is 49.4 Å². The van der Waals surface area contributed by atoms with Gasteiger partial charge in [-0.1, -0.05) is 29.3 Å². The van der Waals surface area contributed by atoms with Gasteiger partial charge >= 0.3 is 0 Å². The summed E-state index contributed by atoms with van der Waals surface area (Å²) in [5.74, 6) is 0. The lowest BCUT2D eigenvalue weighted by Crippen LogP contribution is -2.29. The minimum absolute atomic E-state index is 0.229. The molecule has 2 atom stereocenters. The predicted molar refractivity (Wildman–Crippen MR) is 158 cm³/mol. The fourth-order valence-electron chi connectivity index (χ4n) is 4.97. The van der Waals surface area contributed by atoms with E-state index in [9.17, 15) is 8.42 Å². The zero-order valence-electron chi connectivity index (χ0n) is 20.8. The molecule has 4 aromatic rings. The minimum atomic E-state index is -3.39. The lowest BCUT2D eigenvalue weighted by molar-refractivity contribution is 0.565. The summed E-state index contributed by atoms with van der Waals surface area (Å²) < 4.78 is 28.0. The molecule has 2 aromatic carbocycles. The van der Waals surface area contributed by atoms with Gasteiger partial charge in [-0.3, -0.25) is 9.71 Å². The second-order valence-electron chi connectivity index (χ2n) is 9.18. The van der Waals surface area contributed by atoms with Gasteiger partial charge in [-0.2, -0.15) is 0 Å². The van der Waals surface area contributed by atoms with Crippen LogP contribution in [-0.2, 0) is 10.0 Å². The van der Waals surface area contributed by atoms with Crippen LogP contribution in [0.5, 0.6) is 0 Å². The third kappa shape index (κ3) is 5.11. The first-order valence-corrected chi connectivity index (χ1v) is 14.8. The number of benzene rings is 2. The van der Waals surface area contributed by atoms with E-state index >= 15 is 0 Å². The van der Waals surface area contributed by atoms with Gasteiger partial charge in [-0.05, 0) is 92.3 Å². The van der Waals surface area contributed by atoms with E-state index in [1.54, 1.807) is 24.4 Å². The normalized spacial score (nSPS) is 17.5. The van der Waals surface area contributed by atoms with E-state index in [0.29, 0.717) is 20.8 Å². The van der Waals surface area contributed by atoms with E-state index in [4.69, 9.17) is 35.4 Å². The highest BCUT2D eigenvalue weighted by Gasteiger charge is 2.42. The first-order valence-electron chi connectivity index (χ1n) is 11.8. The largest absolute Gasteiger partial charge is 0.351 e. The highest BCUT2D eigenvalue weighted by atomic mass is 35.5. The highest BCUT2D eigenvalue weighted by Crippen LogP contribution is 2.44. The number of halogens is 2. The van der Waals surface area contributed by atoms with Crippen molar-refractivity contribution < 1.29 is 8.42 Å². The molecule has 11 heteroatoms. The summed E-state index contributed by atoms with van der Waals surface area (Å²) in [6, 6.07) is 20.1. The average molecular weight is 587 g/mol. The van der Waals surface area contributed by atoms with Gasteiger partial charge in [0.2, 0.25) is 10.0 Å². The molecule has 0 aliphatic carbocycles. The number of aromatic nitrogens is 2. The van der Waals surface area contributed by atoms with Gasteiger partial charge in [0.25, 0.3) is 0 Å². The molecule has 2 aromatic heterocycles. The Bertz CT molecular complexity index is 1620. The van der Waals surface area contributed by atoms with Crippen LogP contribution in [0.1, 0.15) is 34.7 Å². The Hall–Kier alpha value is -3.11. The number of anilines is 2. The first kappa shape index (κ1) is 26.5. The summed E-state index contributed by atoms with van der Waals surface area (Å²) >= 11 is 18.6. The van der Waals surface area contributed by atoms with Crippen LogP contribution >= 0.6 is 35.4 Å². The standard InChI is InChI=1S/C27H25Cl2N5O2S2/c1-16-14-21(17(2)33(16)24-12-7-18(28)15-22(24)29)26-25(23-6-4-5-13-30-23)31-27(37)34(26)20-10-8-19(9-11-20)32-38(3,35)36/h4-15,25-26,32H,1-3H3,(H,31,37)/t25-,26-/m1/s1. The number of pyridine rings is 1. The number of sulfonamides is 1. The van der Waals surface area contributed by atoms with Crippen molar-refractivity contribution in [3.8, 4) is 5.69 Å². The molecule has 0 radical (unpaired) electrons. The van der Waals surface area contributed by atoms with Crippen LogP contribution in [0, 0.1) is 13.8 Å². The van der Waals surface area contributed by atoms with Crippen molar-refractivity contribution in [3.05, 3.63) is 106 Å². The molecular formula is C27H25Cl2N5O2S2. The zero-order chi connectivity index (χ0) is 27.2. The lowest BCUT2D eigenvalue weighted by Gasteiger charge is -2.28. The van der Waals surface area contributed by atoms with Crippen LogP contribution < -0.4 is 14.9 Å². The Kier molecular flexibility index (Phi) is 7.13. The molecule has 0 saturated carbocycles. The number of thiocarbonyl (C=S) groups is 1. The quantitative estimate of drug-likeness (QED) is 0.257. The van der Waals surface area contributed by atoms with Gasteiger partial charge in [0.15, 0.2) is 5.11 Å². The molecule has 0 bridgehead atoms. The molecule has 0 spiro atoms. The van der Waals surface area contributed by atoms with Gasteiger partial charge in [0.1, 0.15) is 0 Å². The van der Waals surface area contributed by atoms with Crippen LogP contribution in [0.4, 0.5) is 11.4 Å². The highest BCUT2D eigenvalue weighted by molar-refractivity contribution is 7.92. The van der Waals surface area contributed by atoms with Crippen LogP contribution in [0.15, 0.2) is 72.9 Å². The predicted octanol–water partition coefficient (Wildman–Crippen LogP) is 6.34. The van der Waals surface area contributed by atoms with Gasteiger partial charge in [-0.15, -0.1) is 0 Å². The Balaban J connectivity index is 1.64. The molecule has 196 valence electrons. The number of rotatable bonds is 6. The fraction of sp³-hybridized carbons (Fsp3) is 0.185. The lowest BCUT2D eigenvalue weighted by atomic mass is 9.96. The number of hydrogen-bond donors (Lipinski definition) is 2. The number of hydrogen-bond acceptors (Lipinski definition) is 4. The Morgan fingerprint density at radius 2 is 1.76 bits per heavy atom. The van der Waals surface area contributed by atoms with Crippen molar-refractivity contribution in [1.82, 2.24) is 14.9 Å². The number of aryl methyl sites for hydroxylation is 1. The van der Waals surface area contributed by atoms with Crippen molar-refractivity contribution in [2.45, 2.75) is 25.9 Å². The molecule has 2 N–H and O–H groups in total. The molecular weight excluding hydrogens is 561 g/mol. The molecule has 1 saturated heterocycles. The maximum absolute atomic E-state index is 11.7. The van der Waals surface area contributed by atoms with E-state index in [1.165, 1.54) is 0 Å². The van der Waals surface area contributed by atoms with Gasteiger partial charge < -0.3 is 14.8 Å². The molecule has 1 aliphatic heterocycles. The van der Waals surface area contributed by atoms with Gasteiger partial charge in [0, 0.05) is 34.0 Å². The second-order valence-corrected chi connectivity index (χ2v) is 12.2. The Morgan fingerprint density at radius 3 is 2.39 bits per heavy atom. The number of nitrogens with zero attached hydrogens (tertiary/aromatic N) is 3. The summed E-state index contributed by atoms with van der Waals surface area (Å²) in [5.41, 5.74) is 6.04. The maximum Gasteiger partial charge on any atom is 0.229 e. The molecule has 0 unspecified atom stereocenters. The van der Waals surface area contributed by atoms with Crippen LogP contribution in [0.3, 0.4) is 0 Å². The number of nitrogens with one attached hydrogen (secondary N) is 2. The average Bonchev–Trinajstić information content (AvgIpc) is 3.35. The van der Waals surface area contributed by atoms with E-state index < -0.39 is 10.0 Å². The van der Waals surface area contributed by atoms with Crippen molar-refractivity contribution in [2.24, 2.45) is 0 Å². The van der Waals surface area contributed by atoms with Crippen molar-refractivity contribution in [1.29, 1.82) is 0 Å². The molecule has 1 aliphatic rings. The minimum Gasteiger partial charge on any atom is -0.351 e. The fourth-order valence-corrected chi connectivity index (χ4v) is 6.38. The first-order chi connectivity index (χ1) is 18.0. The van der Waals surface area contributed by atoms with Crippen molar-refractivity contribution in [3.63, 3.8) is 0 Å². The summed E-state index contributed by atoms with van der Waals surface area (Å²) in [7, 11) is -3.39. The Labute approximate surface area is 237 Å². The van der Waals surface area contributed by atoms with E-state index in [2.05, 4.69) is 37.5 Å². The SMILES string of the molecule is Cc1cc([C@@H]2[C@@H](c3ccccn3)NC(=S)N2c2ccc(NS(C)(=O)=O)cc2)c(C)n1-c1ccc(Cl)cc1Cl. The summed E-state index contributed by atoms with van der Waals surface area (Å²) in [6.07, 6.45) is 2.89. The molecule has 1 fully saturated rings. The van der Waals surface area contributed by atoms with E-state index in [-0.39, 0.29) is 12.1 Å².